The number of rotatable bonds is 3. The van der Waals surface area contributed by atoms with Crippen LogP contribution in [0.5, 0.6) is 0 Å². The van der Waals surface area contributed by atoms with E-state index in [2.05, 4.69) is 20.3 Å². The van der Waals surface area contributed by atoms with Crippen molar-refractivity contribution in [2.24, 2.45) is 5.92 Å². The molecule has 1 unspecified atom stereocenters. The Hall–Kier alpha value is -2.11. The Morgan fingerprint density at radius 2 is 2.15 bits per heavy atom. The third-order valence-electron chi connectivity index (χ3n) is 4.08. The van der Waals surface area contributed by atoms with E-state index in [1.54, 1.807) is 6.20 Å². The molecule has 6 heteroatoms. The van der Waals surface area contributed by atoms with Crippen LogP contribution >= 0.6 is 0 Å². The monoisotopic (exact) mass is 271 g/mol. The van der Waals surface area contributed by atoms with E-state index < -0.39 is 0 Å². The van der Waals surface area contributed by atoms with Crippen molar-refractivity contribution >= 4 is 17.4 Å². The lowest BCUT2D eigenvalue weighted by Crippen LogP contribution is -2.38. The summed E-state index contributed by atoms with van der Waals surface area (Å²) in [5.74, 6) is 1.56. The van der Waals surface area contributed by atoms with Crippen LogP contribution in [-0.2, 0) is 4.79 Å². The Morgan fingerprint density at radius 1 is 1.25 bits per heavy atom. The molecule has 2 aromatic rings. The molecule has 3 heterocycles. The van der Waals surface area contributed by atoms with Crippen LogP contribution in [0.3, 0.4) is 0 Å². The fraction of sp³-hybridized carbons (Fsp3) is 0.500. The standard InChI is InChI=1S/C14H17N5O/c20-14(10-1-2-10)17-11-5-8-18(9-11)13-4-6-15-12-3-7-16-19(12)13/h3-4,6-7,10-11H,1-2,5,8-9H2,(H,17,20). The molecular weight excluding hydrogens is 254 g/mol. The maximum absolute atomic E-state index is 11.8. The molecule has 1 atom stereocenters. The number of hydrogen-bond acceptors (Lipinski definition) is 4. The maximum atomic E-state index is 11.8. The van der Waals surface area contributed by atoms with Gasteiger partial charge in [-0.05, 0) is 25.3 Å². The van der Waals surface area contributed by atoms with Gasteiger partial charge in [-0.15, -0.1) is 0 Å². The van der Waals surface area contributed by atoms with E-state index in [0.29, 0.717) is 0 Å². The van der Waals surface area contributed by atoms with Gasteiger partial charge in [0.1, 0.15) is 5.82 Å². The molecule has 1 aliphatic heterocycles. The Morgan fingerprint density at radius 3 is 3.00 bits per heavy atom. The first-order valence-corrected chi connectivity index (χ1v) is 7.15. The van der Waals surface area contributed by atoms with Crippen molar-refractivity contribution in [3.05, 3.63) is 24.5 Å². The molecule has 2 fully saturated rings. The van der Waals surface area contributed by atoms with Gasteiger partial charge in [-0.25, -0.2) is 4.98 Å². The van der Waals surface area contributed by atoms with Crippen LogP contribution in [-0.4, -0.2) is 39.6 Å². The zero-order valence-electron chi connectivity index (χ0n) is 11.2. The number of carbonyl (C=O) groups is 1. The number of aromatic nitrogens is 3. The van der Waals surface area contributed by atoms with E-state index in [-0.39, 0.29) is 17.9 Å². The van der Waals surface area contributed by atoms with E-state index in [1.807, 2.05) is 22.8 Å². The van der Waals surface area contributed by atoms with Crippen LogP contribution in [0.2, 0.25) is 0 Å². The second-order valence-electron chi connectivity index (χ2n) is 5.62. The summed E-state index contributed by atoms with van der Waals surface area (Å²) in [5, 5.41) is 7.47. The highest BCUT2D eigenvalue weighted by Crippen LogP contribution is 2.29. The lowest BCUT2D eigenvalue weighted by Gasteiger charge is -2.19. The summed E-state index contributed by atoms with van der Waals surface area (Å²) >= 11 is 0. The zero-order valence-corrected chi connectivity index (χ0v) is 11.2. The van der Waals surface area contributed by atoms with E-state index >= 15 is 0 Å². The molecule has 2 aromatic heterocycles. The molecule has 0 spiro atoms. The predicted molar refractivity (Wildman–Crippen MR) is 74.5 cm³/mol. The minimum atomic E-state index is 0.232. The minimum Gasteiger partial charge on any atom is -0.354 e. The third-order valence-corrected chi connectivity index (χ3v) is 4.08. The largest absolute Gasteiger partial charge is 0.354 e. The molecule has 1 aliphatic carbocycles. The summed E-state index contributed by atoms with van der Waals surface area (Å²) in [7, 11) is 0. The zero-order chi connectivity index (χ0) is 13.5. The van der Waals surface area contributed by atoms with Crippen LogP contribution in [0.15, 0.2) is 24.5 Å². The van der Waals surface area contributed by atoms with Gasteiger partial charge in [0.25, 0.3) is 0 Å². The lowest BCUT2D eigenvalue weighted by molar-refractivity contribution is -0.122. The topological polar surface area (TPSA) is 62.5 Å². The molecule has 104 valence electrons. The van der Waals surface area contributed by atoms with Crippen molar-refractivity contribution in [1.82, 2.24) is 19.9 Å². The summed E-state index contributed by atoms with van der Waals surface area (Å²) in [4.78, 5) is 18.4. The van der Waals surface area contributed by atoms with Gasteiger partial charge in [0.05, 0.1) is 6.20 Å². The van der Waals surface area contributed by atoms with E-state index in [0.717, 1.165) is 43.8 Å². The molecular formula is C14H17N5O. The molecule has 0 radical (unpaired) electrons. The maximum Gasteiger partial charge on any atom is 0.223 e. The number of nitrogens with zero attached hydrogens (tertiary/aromatic N) is 4. The third kappa shape index (κ3) is 2.01. The van der Waals surface area contributed by atoms with Crippen molar-refractivity contribution in [1.29, 1.82) is 0 Å². The second kappa shape index (κ2) is 4.47. The Balaban J connectivity index is 1.50. The highest BCUT2D eigenvalue weighted by molar-refractivity contribution is 5.81. The summed E-state index contributed by atoms with van der Waals surface area (Å²) < 4.78 is 1.85. The summed E-state index contributed by atoms with van der Waals surface area (Å²) in [5.41, 5.74) is 0.855. The Kier molecular flexibility index (Phi) is 2.61. The lowest BCUT2D eigenvalue weighted by atomic mass is 10.2. The van der Waals surface area contributed by atoms with Gasteiger partial charge in [-0.1, -0.05) is 0 Å². The highest BCUT2D eigenvalue weighted by atomic mass is 16.2. The summed E-state index contributed by atoms with van der Waals surface area (Å²) in [6, 6.07) is 4.12. The average molecular weight is 271 g/mol. The van der Waals surface area contributed by atoms with Crippen molar-refractivity contribution in [3.63, 3.8) is 0 Å². The fourth-order valence-corrected chi connectivity index (χ4v) is 2.81. The van der Waals surface area contributed by atoms with E-state index in [1.165, 1.54) is 0 Å². The van der Waals surface area contributed by atoms with Crippen molar-refractivity contribution in [3.8, 4) is 0 Å². The van der Waals surface area contributed by atoms with E-state index in [4.69, 9.17) is 0 Å². The van der Waals surface area contributed by atoms with Gasteiger partial charge in [0.15, 0.2) is 5.65 Å². The first kappa shape index (κ1) is 11.7. The van der Waals surface area contributed by atoms with Crippen molar-refractivity contribution in [2.45, 2.75) is 25.3 Å². The number of anilines is 1. The quantitative estimate of drug-likeness (QED) is 0.898. The predicted octanol–water partition coefficient (Wildman–Crippen LogP) is 0.834. The van der Waals surface area contributed by atoms with Crippen molar-refractivity contribution in [2.75, 3.05) is 18.0 Å². The fourth-order valence-electron chi connectivity index (χ4n) is 2.81. The average Bonchev–Trinajstić information content (AvgIpc) is 3.02. The smallest absolute Gasteiger partial charge is 0.223 e. The number of fused-ring (bicyclic) bond motifs is 1. The minimum absolute atomic E-state index is 0.232. The summed E-state index contributed by atoms with van der Waals surface area (Å²) in [6.07, 6.45) is 6.67. The summed E-state index contributed by atoms with van der Waals surface area (Å²) in [6.45, 7) is 1.78. The molecule has 4 rings (SSSR count). The number of hydrogen-bond donors (Lipinski definition) is 1. The molecule has 1 N–H and O–H groups in total. The molecule has 1 amide bonds. The molecule has 20 heavy (non-hydrogen) atoms. The molecule has 0 bridgehead atoms. The second-order valence-corrected chi connectivity index (χ2v) is 5.62. The van der Waals surface area contributed by atoms with Crippen molar-refractivity contribution < 1.29 is 4.79 Å². The van der Waals surface area contributed by atoms with Crippen LogP contribution < -0.4 is 10.2 Å². The Bertz CT molecular complexity index is 648. The van der Waals surface area contributed by atoms with Gasteiger partial charge >= 0.3 is 0 Å². The van der Waals surface area contributed by atoms with Crippen LogP contribution in [0.1, 0.15) is 19.3 Å². The van der Waals surface area contributed by atoms with Gasteiger partial charge in [-0.3, -0.25) is 4.79 Å². The van der Waals surface area contributed by atoms with Crippen LogP contribution in [0, 0.1) is 5.92 Å². The molecule has 0 aromatic carbocycles. The normalized spacial score (nSPS) is 22.4. The van der Waals surface area contributed by atoms with Gasteiger partial charge in [0.2, 0.25) is 5.91 Å². The highest BCUT2D eigenvalue weighted by Gasteiger charge is 2.33. The number of nitrogens with one attached hydrogen (secondary N) is 1. The molecule has 1 saturated carbocycles. The van der Waals surface area contributed by atoms with Gasteiger partial charge < -0.3 is 10.2 Å². The number of carbonyl (C=O) groups excluding carboxylic acids is 1. The van der Waals surface area contributed by atoms with Gasteiger partial charge in [-0.2, -0.15) is 9.61 Å². The molecule has 1 saturated heterocycles. The first-order valence-electron chi connectivity index (χ1n) is 7.15. The SMILES string of the molecule is O=C(NC1CCN(c2ccnc3ccnn23)C1)C1CC1. The van der Waals surface area contributed by atoms with Crippen LogP contribution in [0.25, 0.3) is 5.65 Å². The number of amides is 1. The first-order chi connectivity index (χ1) is 9.81. The van der Waals surface area contributed by atoms with Gasteiger partial charge in [0, 0.05) is 37.3 Å². The molecule has 6 nitrogen and oxygen atoms in total. The van der Waals surface area contributed by atoms with Crippen LogP contribution in [0.4, 0.5) is 5.82 Å². The Labute approximate surface area is 116 Å². The van der Waals surface area contributed by atoms with E-state index in [9.17, 15) is 4.79 Å². The molecule has 2 aliphatic rings.